The predicted octanol–water partition coefficient (Wildman–Crippen LogP) is 3.03. The van der Waals surface area contributed by atoms with Crippen molar-refractivity contribution in [1.29, 1.82) is 0 Å². The topological polar surface area (TPSA) is 59.0 Å². The Bertz CT molecular complexity index is 752. The van der Waals surface area contributed by atoms with Crippen LogP contribution in [0.5, 0.6) is 0 Å². The molecule has 0 bridgehead atoms. The number of amides is 1. The number of carbonyl (C=O) groups excluding carboxylic acids is 1. The van der Waals surface area contributed by atoms with Gasteiger partial charge in [-0.3, -0.25) is 4.79 Å². The zero-order valence-electron chi connectivity index (χ0n) is 13.1. The molecule has 3 rings (SSSR count). The minimum Gasteiger partial charge on any atom is -0.348 e. The van der Waals surface area contributed by atoms with E-state index >= 15 is 0 Å². The van der Waals surface area contributed by atoms with Crippen LogP contribution in [0, 0.1) is 0 Å². The largest absolute Gasteiger partial charge is 0.434 e. The molecule has 0 radical (unpaired) electrons. The summed E-state index contributed by atoms with van der Waals surface area (Å²) in [6.07, 6.45) is -2.19. The lowest BCUT2D eigenvalue weighted by atomic mass is 10.1. The lowest BCUT2D eigenvalue weighted by Gasteiger charge is -2.24. The van der Waals surface area contributed by atoms with Crippen molar-refractivity contribution in [2.75, 3.05) is 13.1 Å². The molecule has 5 nitrogen and oxygen atoms in total. The fraction of sp³-hybridized carbons (Fsp3) is 0.375. The molecule has 2 heterocycles. The third kappa shape index (κ3) is 3.96. The minimum absolute atomic E-state index is 0.176. The summed E-state index contributed by atoms with van der Waals surface area (Å²) >= 11 is 5.77. The maximum atomic E-state index is 13.6. The zero-order chi connectivity index (χ0) is 18.0. The number of benzene rings is 1. The Balaban J connectivity index is 1.94. The fourth-order valence-corrected chi connectivity index (χ4v) is 2.93. The molecule has 1 aliphatic rings. The third-order valence-corrected chi connectivity index (χ3v) is 4.24. The highest BCUT2D eigenvalue weighted by Gasteiger charge is 2.40. The molecule has 1 aliphatic heterocycles. The highest BCUT2D eigenvalue weighted by atomic mass is 35.5. The Morgan fingerprint density at radius 1 is 1.32 bits per heavy atom. The molecular formula is C16H16ClF3N4O. The van der Waals surface area contributed by atoms with E-state index in [9.17, 15) is 18.0 Å². The van der Waals surface area contributed by atoms with Gasteiger partial charge >= 0.3 is 6.18 Å². The summed E-state index contributed by atoms with van der Waals surface area (Å²) in [5.41, 5.74) is -1.42. The summed E-state index contributed by atoms with van der Waals surface area (Å²) in [4.78, 5) is 12.4. The van der Waals surface area contributed by atoms with Gasteiger partial charge in [-0.25, -0.2) is 4.68 Å². The number of nitrogens with zero attached hydrogens (tertiary/aromatic N) is 2. The van der Waals surface area contributed by atoms with Crippen LogP contribution in [-0.4, -0.2) is 34.8 Å². The summed E-state index contributed by atoms with van der Waals surface area (Å²) in [6.45, 7) is 1.38. The van der Waals surface area contributed by atoms with Gasteiger partial charge in [0.1, 0.15) is 0 Å². The van der Waals surface area contributed by atoms with Crippen LogP contribution in [-0.2, 0) is 6.18 Å². The number of piperidine rings is 1. The van der Waals surface area contributed by atoms with Gasteiger partial charge in [0.15, 0.2) is 5.69 Å². The van der Waals surface area contributed by atoms with Crippen LogP contribution in [0.25, 0.3) is 5.69 Å². The first-order chi connectivity index (χ1) is 11.9. The van der Waals surface area contributed by atoms with E-state index in [0.29, 0.717) is 16.2 Å². The monoisotopic (exact) mass is 372 g/mol. The molecule has 1 amide bonds. The Morgan fingerprint density at radius 3 is 2.64 bits per heavy atom. The van der Waals surface area contributed by atoms with Crippen LogP contribution in [0.2, 0.25) is 5.02 Å². The molecule has 134 valence electrons. The fourth-order valence-electron chi connectivity index (χ4n) is 2.80. The maximum absolute atomic E-state index is 13.6. The molecule has 1 unspecified atom stereocenters. The van der Waals surface area contributed by atoms with E-state index in [0.717, 1.165) is 25.6 Å². The number of hydrogen-bond acceptors (Lipinski definition) is 3. The zero-order valence-corrected chi connectivity index (χ0v) is 13.9. The number of aromatic nitrogens is 2. The van der Waals surface area contributed by atoms with Crippen LogP contribution in [0.3, 0.4) is 0 Å². The molecule has 2 aromatic rings. The van der Waals surface area contributed by atoms with E-state index in [1.165, 1.54) is 24.3 Å². The summed E-state index contributed by atoms with van der Waals surface area (Å²) in [5, 5.41) is 9.92. The standard InChI is InChI=1S/C16H16ClF3N4O/c17-10-3-5-12(6-4-10)24-14(16(18,19)20)13(9-22-24)15(25)23-11-2-1-7-21-8-11/h3-6,9,11,21H,1-2,7-8H2,(H,23,25). The van der Waals surface area contributed by atoms with E-state index in [-0.39, 0.29) is 11.7 Å². The Kier molecular flexibility index (Phi) is 5.01. The van der Waals surface area contributed by atoms with Gasteiger partial charge in [-0.15, -0.1) is 0 Å². The second-order valence-corrected chi connectivity index (χ2v) is 6.25. The van der Waals surface area contributed by atoms with Gasteiger partial charge in [-0.2, -0.15) is 18.3 Å². The van der Waals surface area contributed by atoms with Gasteiger partial charge in [0.05, 0.1) is 17.4 Å². The van der Waals surface area contributed by atoms with Crippen LogP contribution in [0.4, 0.5) is 13.2 Å². The second kappa shape index (κ2) is 7.05. The number of rotatable bonds is 3. The highest BCUT2D eigenvalue weighted by molar-refractivity contribution is 6.30. The first kappa shape index (κ1) is 17.8. The molecule has 9 heteroatoms. The van der Waals surface area contributed by atoms with Crippen LogP contribution < -0.4 is 10.6 Å². The summed E-state index contributed by atoms with van der Waals surface area (Å²) in [7, 11) is 0. The van der Waals surface area contributed by atoms with E-state index < -0.39 is 23.3 Å². The van der Waals surface area contributed by atoms with Crippen LogP contribution >= 0.6 is 11.6 Å². The van der Waals surface area contributed by atoms with Crippen molar-refractivity contribution in [3.63, 3.8) is 0 Å². The molecule has 1 aromatic heterocycles. The molecule has 25 heavy (non-hydrogen) atoms. The lowest BCUT2D eigenvalue weighted by molar-refractivity contribution is -0.143. The van der Waals surface area contributed by atoms with Crippen molar-refractivity contribution in [2.45, 2.75) is 25.1 Å². The van der Waals surface area contributed by atoms with Crippen LogP contribution in [0.1, 0.15) is 28.9 Å². The Hall–Kier alpha value is -2.06. The molecule has 2 N–H and O–H groups in total. The molecule has 0 saturated carbocycles. The second-order valence-electron chi connectivity index (χ2n) is 5.81. The Labute approximate surface area is 147 Å². The predicted molar refractivity (Wildman–Crippen MR) is 86.9 cm³/mol. The van der Waals surface area contributed by atoms with Gasteiger partial charge in [0.2, 0.25) is 0 Å². The van der Waals surface area contributed by atoms with Crippen LogP contribution in [0.15, 0.2) is 30.5 Å². The van der Waals surface area contributed by atoms with Crippen molar-refractivity contribution in [3.05, 3.63) is 46.7 Å². The van der Waals surface area contributed by atoms with E-state index in [1.807, 2.05) is 0 Å². The summed E-state index contributed by atoms with van der Waals surface area (Å²) in [5.74, 6) is -0.777. The SMILES string of the molecule is O=C(NC1CCCNC1)c1cnn(-c2ccc(Cl)cc2)c1C(F)(F)F. The lowest BCUT2D eigenvalue weighted by Crippen LogP contribution is -2.45. The van der Waals surface area contributed by atoms with Gasteiger partial charge in [-0.05, 0) is 43.7 Å². The number of halogens is 4. The molecule has 1 aromatic carbocycles. The average molecular weight is 373 g/mol. The van der Waals surface area contributed by atoms with E-state index in [4.69, 9.17) is 11.6 Å². The normalized spacial score (nSPS) is 18.2. The summed E-state index contributed by atoms with van der Waals surface area (Å²) < 4.78 is 41.4. The van der Waals surface area contributed by atoms with E-state index in [1.54, 1.807) is 0 Å². The number of hydrogen-bond donors (Lipinski definition) is 2. The number of alkyl halides is 3. The van der Waals surface area contributed by atoms with Gasteiger partial charge < -0.3 is 10.6 Å². The smallest absolute Gasteiger partial charge is 0.348 e. The van der Waals surface area contributed by atoms with Crippen molar-refractivity contribution >= 4 is 17.5 Å². The van der Waals surface area contributed by atoms with E-state index in [2.05, 4.69) is 15.7 Å². The quantitative estimate of drug-likeness (QED) is 0.870. The van der Waals surface area contributed by atoms with Crippen molar-refractivity contribution in [3.8, 4) is 5.69 Å². The average Bonchev–Trinajstić information content (AvgIpc) is 3.02. The van der Waals surface area contributed by atoms with Gasteiger partial charge in [0, 0.05) is 17.6 Å². The molecule has 1 atom stereocenters. The first-order valence-corrected chi connectivity index (χ1v) is 8.17. The van der Waals surface area contributed by atoms with Crippen molar-refractivity contribution < 1.29 is 18.0 Å². The molecule has 0 spiro atoms. The summed E-state index contributed by atoms with van der Waals surface area (Å²) in [6, 6.07) is 5.56. The molecule has 0 aliphatic carbocycles. The van der Waals surface area contributed by atoms with Gasteiger partial charge in [0.25, 0.3) is 5.91 Å². The third-order valence-electron chi connectivity index (χ3n) is 3.99. The first-order valence-electron chi connectivity index (χ1n) is 7.79. The highest BCUT2D eigenvalue weighted by Crippen LogP contribution is 2.34. The van der Waals surface area contributed by atoms with Crippen molar-refractivity contribution in [1.82, 2.24) is 20.4 Å². The van der Waals surface area contributed by atoms with Gasteiger partial charge in [-0.1, -0.05) is 11.6 Å². The number of nitrogens with one attached hydrogen (secondary N) is 2. The molecule has 1 fully saturated rings. The minimum atomic E-state index is -4.73. The molecule has 1 saturated heterocycles. The van der Waals surface area contributed by atoms with Crippen molar-refractivity contribution in [2.24, 2.45) is 0 Å². The molecular weight excluding hydrogens is 357 g/mol. The maximum Gasteiger partial charge on any atom is 0.434 e. The Morgan fingerprint density at radius 2 is 2.04 bits per heavy atom. The number of carbonyl (C=O) groups is 1.